The Morgan fingerprint density at radius 3 is 2.80 bits per heavy atom. The first-order chi connectivity index (χ1) is 12.0. The van der Waals surface area contributed by atoms with Gasteiger partial charge in [0.05, 0.1) is 11.3 Å². The maximum atomic E-state index is 13.4. The van der Waals surface area contributed by atoms with Crippen molar-refractivity contribution in [3.63, 3.8) is 0 Å². The number of nitriles is 1. The molecule has 1 aliphatic rings. The Kier molecular flexibility index (Phi) is 4.70. The van der Waals surface area contributed by atoms with E-state index in [4.69, 9.17) is 0 Å². The number of anilines is 3. The average Bonchev–Trinajstić information content (AvgIpc) is 3.10. The van der Waals surface area contributed by atoms with Crippen LogP contribution >= 0.6 is 0 Å². The van der Waals surface area contributed by atoms with E-state index in [9.17, 15) is 9.65 Å². The topological polar surface area (TPSA) is 59.3 Å². The summed E-state index contributed by atoms with van der Waals surface area (Å²) in [5.74, 6) is 1.15. The number of hydrogen-bond acceptors (Lipinski definition) is 6. The molecule has 6 nitrogen and oxygen atoms in total. The van der Waals surface area contributed by atoms with Gasteiger partial charge in [0.1, 0.15) is 17.7 Å². The average molecular weight is 340 g/mol. The summed E-state index contributed by atoms with van der Waals surface area (Å²) in [4.78, 5) is 15.0. The van der Waals surface area contributed by atoms with Crippen LogP contribution in [0.25, 0.3) is 0 Å². The second-order valence-corrected chi connectivity index (χ2v) is 6.38. The number of hydrogen-bond donors (Lipinski definition) is 0. The first-order valence-corrected chi connectivity index (χ1v) is 8.17. The Bertz CT molecular complexity index is 800. The Morgan fingerprint density at radius 1 is 1.28 bits per heavy atom. The molecular weight excluding hydrogens is 319 g/mol. The summed E-state index contributed by atoms with van der Waals surface area (Å²) in [5, 5.41) is 9.26. The van der Waals surface area contributed by atoms with Gasteiger partial charge in [-0.1, -0.05) is 0 Å². The third kappa shape index (κ3) is 3.48. The van der Waals surface area contributed by atoms with Gasteiger partial charge < -0.3 is 14.7 Å². The lowest BCUT2D eigenvalue weighted by Crippen LogP contribution is -2.35. The van der Waals surface area contributed by atoms with Crippen molar-refractivity contribution < 1.29 is 4.39 Å². The molecular formula is C18H21FN6. The monoisotopic (exact) mass is 340 g/mol. The predicted molar refractivity (Wildman–Crippen MR) is 96.5 cm³/mol. The van der Waals surface area contributed by atoms with Gasteiger partial charge in [0, 0.05) is 46.5 Å². The van der Waals surface area contributed by atoms with Crippen molar-refractivity contribution in [2.45, 2.75) is 12.5 Å². The highest BCUT2D eigenvalue weighted by Crippen LogP contribution is 2.28. The second kappa shape index (κ2) is 6.93. The molecule has 0 radical (unpaired) electrons. The molecule has 1 fully saturated rings. The van der Waals surface area contributed by atoms with Gasteiger partial charge in [-0.15, -0.1) is 0 Å². The molecule has 2 aromatic rings. The van der Waals surface area contributed by atoms with E-state index in [1.165, 1.54) is 12.1 Å². The maximum absolute atomic E-state index is 13.4. The molecule has 1 unspecified atom stereocenters. The lowest BCUT2D eigenvalue weighted by molar-refractivity contribution is 0.627. The predicted octanol–water partition coefficient (Wildman–Crippen LogP) is 2.27. The Balaban J connectivity index is 1.77. The van der Waals surface area contributed by atoms with Gasteiger partial charge in [0.15, 0.2) is 0 Å². The highest BCUT2D eigenvalue weighted by Gasteiger charge is 2.28. The highest BCUT2D eigenvalue weighted by atomic mass is 19.1. The van der Waals surface area contributed by atoms with E-state index in [1.54, 1.807) is 12.3 Å². The van der Waals surface area contributed by atoms with Crippen molar-refractivity contribution in [1.82, 2.24) is 9.97 Å². The summed E-state index contributed by atoms with van der Waals surface area (Å²) in [7, 11) is 5.84. The van der Waals surface area contributed by atoms with E-state index >= 15 is 0 Å². The number of rotatable bonds is 4. The zero-order valence-corrected chi connectivity index (χ0v) is 14.6. The number of halogens is 1. The van der Waals surface area contributed by atoms with E-state index in [2.05, 4.69) is 25.8 Å². The molecule has 1 aromatic heterocycles. The quantitative estimate of drug-likeness (QED) is 0.851. The fourth-order valence-electron chi connectivity index (χ4n) is 3.09. The van der Waals surface area contributed by atoms with Crippen LogP contribution in [0.3, 0.4) is 0 Å². The summed E-state index contributed by atoms with van der Waals surface area (Å²) < 4.78 is 13.4. The van der Waals surface area contributed by atoms with Crippen molar-refractivity contribution in [2.75, 3.05) is 48.9 Å². The molecule has 0 amide bonds. The third-order valence-corrected chi connectivity index (χ3v) is 4.52. The number of benzene rings is 1. The van der Waals surface area contributed by atoms with Crippen molar-refractivity contribution in [3.8, 4) is 6.07 Å². The molecule has 2 heterocycles. The Labute approximate surface area is 147 Å². The number of aromatic nitrogens is 2. The highest BCUT2D eigenvalue weighted by molar-refractivity contribution is 5.60. The van der Waals surface area contributed by atoms with Crippen LogP contribution in [0.15, 0.2) is 30.5 Å². The van der Waals surface area contributed by atoms with E-state index in [-0.39, 0.29) is 11.9 Å². The smallest absolute Gasteiger partial charge is 0.226 e. The lowest BCUT2D eigenvalue weighted by atomic mass is 10.1. The molecule has 1 aromatic carbocycles. The fourth-order valence-corrected chi connectivity index (χ4v) is 3.09. The molecule has 3 rings (SSSR count). The maximum Gasteiger partial charge on any atom is 0.226 e. The summed E-state index contributed by atoms with van der Waals surface area (Å²) in [6, 6.07) is 8.63. The summed E-state index contributed by atoms with van der Waals surface area (Å²) in [5.41, 5.74) is 1.16. The van der Waals surface area contributed by atoms with Gasteiger partial charge in [-0.2, -0.15) is 10.2 Å². The van der Waals surface area contributed by atoms with Crippen molar-refractivity contribution in [2.24, 2.45) is 0 Å². The molecule has 1 saturated heterocycles. The standard InChI is InChI=1S/C18H21FN6/c1-23(2)18-21-8-6-17(22-18)24(3)15-7-9-25(12-15)16-5-4-14(19)10-13(16)11-20/h4-6,8,10,15H,7,9,12H2,1-3H3. The number of nitrogens with zero attached hydrogens (tertiary/aromatic N) is 6. The van der Waals surface area contributed by atoms with Crippen LogP contribution in [-0.2, 0) is 0 Å². The first kappa shape index (κ1) is 17.0. The van der Waals surface area contributed by atoms with Gasteiger partial charge in [0.25, 0.3) is 0 Å². The second-order valence-electron chi connectivity index (χ2n) is 6.38. The van der Waals surface area contributed by atoms with Gasteiger partial charge in [0.2, 0.25) is 5.95 Å². The molecule has 0 saturated carbocycles. The minimum absolute atomic E-state index is 0.265. The zero-order chi connectivity index (χ0) is 18.0. The Hall–Kier alpha value is -2.88. The van der Waals surface area contributed by atoms with E-state index in [0.29, 0.717) is 11.5 Å². The molecule has 0 N–H and O–H groups in total. The molecule has 0 aliphatic carbocycles. The SMILES string of the molecule is CN(C)c1nccc(N(C)C2CCN(c3ccc(F)cc3C#N)C2)n1. The zero-order valence-electron chi connectivity index (χ0n) is 14.6. The number of likely N-dealkylation sites (N-methyl/N-ethyl adjacent to an activating group) is 1. The van der Waals surface area contributed by atoms with Gasteiger partial charge in [-0.25, -0.2) is 9.37 Å². The van der Waals surface area contributed by atoms with Crippen LogP contribution in [0.2, 0.25) is 0 Å². The van der Waals surface area contributed by atoms with E-state index in [0.717, 1.165) is 31.0 Å². The molecule has 7 heteroatoms. The summed E-state index contributed by atoms with van der Waals surface area (Å²) in [6.07, 6.45) is 2.70. The molecule has 0 spiro atoms. The minimum Gasteiger partial charge on any atom is -0.368 e. The van der Waals surface area contributed by atoms with E-state index < -0.39 is 0 Å². The van der Waals surface area contributed by atoms with Crippen LogP contribution < -0.4 is 14.7 Å². The summed E-state index contributed by atoms with van der Waals surface area (Å²) >= 11 is 0. The van der Waals surface area contributed by atoms with Crippen LogP contribution in [0.1, 0.15) is 12.0 Å². The van der Waals surface area contributed by atoms with Gasteiger partial charge in [-0.3, -0.25) is 0 Å². The van der Waals surface area contributed by atoms with Crippen LogP contribution in [0.5, 0.6) is 0 Å². The van der Waals surface area contributed by atoms with Gasteiger partial charge >= 0.3 is 0 Å². The van der Waals surface area contributed by atoms with Crippen molar-refractivity contribution >= 4 is 17.5 Å². The van der Waals surface area contributed by atoms with Gasteiger partial charge in [-0.05, 0) is 30.7 Å². The van der Waals surface area contributed by atoms with Crippen LogP contribution in [0, 0.1) is 17.1 Å². The molecule has 1 aliphatic heterocycles. The molecule has 1 atom stereocenters. The largest absolute Gasteiger partial charge is 0.368 e. The minimum atomic E-state index is -0.384. The lowest BCUT2D eigenvalue weighted by Gasteiger charge is -2.27. The first-order valence-electron chi connectivity index (χ1n) is 8.17. The Morgan fingerprint density at radius 2 is 2.08 bits per heavy atom. The molecule has 25 heavy (non-hydrogen) atoms. The van der Waals surface area contributed by atoms with Crippen molar-refractivity contribution in [1.29, 1.82) is 5.26 Å². The molecule has 130 valence electrons. The van der Waals surface area contributed by atoms with Crippen LogP contribution in [-0.4, -0.2) is 50.2 Å². The fraction of sp³-hybridized carbons (Fsp3) is 0.389. The summed E-state index contributed by atoms with van der Waals surface area (Å²) in [6.45, 7) is 1.58. The van der Waals surface area contributed by atoms with Crippen LogP contribution in [0.4, 0.5) is 21.8 Å². The normalized spacial score (nSPS) is 16.6. The van der Waals surface area contributed by atoms with Crippen molar-refractivity contribution in [3.05, 3.63) is 41.8 Å². The van der Waals surface area contributed by atoms with E-state index in [1.807, 2.05) is 32.1 Å². The molecule has 0 bridgehead atoms. The third-order valence-electron chi connectivity index (χ3n) is 4.52.